The fourth-order valence-corrected chi connectivity index (χ4v) is 4.30. The van der Waals surface area contributed by atoms with E-state index in [4.69, 9.17) is 11.6 Å². The number of hydrogen-bond donors (Lipinski definition) is 1. The van der Waals surface area contributed by atoms with Gasteiger partial charge in [-0.2, -0.15) is 0 Å². The smallest absolute Gasteiger partial charge is 0.233 e. The Bertz CT molecular complexity index is 800. The van der Waals surface area contributed by atoms with Gasteiger partial charge in [-0.25, -0.2) is 4.39 Å². The van der Waals surface area contributed by atoms with Crippen molar-refractivity contribution < 1.29 is 14.0 Å². The fraction of sp³-hybridized carbons (Fsp3) is 0.263. The van der Waals surface area contributed by atoms with Crippen molar-refractivity contribution in [2.75, 3.05) is 12.3 Å². The summed E-state index contributed by atoms with van der Waals surface area (Å²) in [6, 6.07) is 13.4. The van der Waals surface area contributed by atoms with E-state index in [1.165, 1.54) is 23.9 Å². The van der Waals surface area contributed by atoms with Crippen LogP contribution in [0.25, 0.3) is 0 Å². The molecule has 26 heavy (non-hydrogen) atoms. The molecule has 0 spiro atoms. The van der Waals surface area contributed by atoms with E-state index in [1.807, 2.05) is 18.2 Å². The molecule has 1 N–H and O–H groups in total. The van der Waals surface area contributed by atoms with Crippen LogP contribution >= 0.6 is 23.4 Å². The predicted octanol–water partition coefficient (Wildman–Crippen LogP) is 3.76. The molecule has 2 aromatic rings. The molecule has 1 heterocycles. The number of carbonyl (C=O) groups excluding carboxylic acids is 2. The molecule has 7 heteroatoms. The number of thioether (sulfide) groups is 1. The van der Waals surface area contributed by atoms with Gasteiger partial charge in [0.2, 0.25) is 11.8 Å². The second kappa shape index (κ2) is 8.56. The second-order valence-corrected chi connectivity index (χ2v) is 7.40. The third-order valence-electron chi connectivity index (χ3n) is 4.12. The molecule has 2 aromatic carbocycles. The van der Waals surface area contributed by atoms with Gasteiger partial charge in [0.15, 0.2) is 0 Å². The number of halogens is 2. The van der Waals surface area contributed by atoms with Gasteiger partial charge in [0.1, 0.15) is 11.2 Å². The molecule has 3 rings (SSSR count). The van der Waals surface area contributed by atoms with Crippen molar-refractivity contribution in [3.05, 3.63) is 70.5 Å². The highest BCUT2D eigenvalue weighted by Crippen LogP contribution is 2.41. The molecule has 0 aliphatic carbocycles. The summed E-state index contributed by atoms with van der Waals surface area (Å²) in [5.41, 5.74) is 1.71. The first-order chi connectivity index (χ1) is 12.5. The summed E-state index contributed by atoms with van der Waals surface area (Å²) in [7, 11) is 0. The number of carbonyl (C=O) groups is 2. The van der Waals surface area contributed by atoms with Crippen LogP contribution in [0.5, 0.6) is 0 Å². The molecule has 0 aromatic heterocycles. The Morgan fingerprint density at radius 2 is 1.96 bits per heavy atom. The Labute approximate surface area is 160 Å². The number of amides is 2. The Morgan fingerprint density at radius 3 is 2.69 bits per heavy atom. The summed E-state index contributed by atoms with van der Waals surface area (Å²) in [5.74, 6) is -0.0773. The van der Waals surface area contributed by atoms with E-state index >= 15 is 0 Å². The monoisotopic (exact) mass is 392 g/mol. The maximum Gasteiger partial charge on any atom is 0.233 e. The zero-order valence-electron chi connectivity index (χ0n) is 14.0. The molecule has 1 atom stereocenters. The van der Waals surface area contributed by atoms with Gasteiger partial charge in [0, 0.05) is 30.1 Å². The van der Waals surface area contributed by atoms with Gasteiger partial charge in [0.25, 0.3) is 0 Å². The van der Waals surface area contributed by atoms with E-state index in [0.29, 0.717) is 23.9 Å². The summed E-state index contributed by atoms with van der Waals surface area (Å²) in [5, 5.41) is 3.24. The SMILES string of the molecule is O=C(CCN1C(=O)CSC1c1ccccc1Cl)NCc1ccc(F)cc1. The first-order valence-corrected chi connectivity index (χ1v) is 9.64. The lowest BCUT2D eigenvalue weighted by atomic mass is 10.2. The molecule has 1 aliphatic heterocycles. The number of nitrogens with zero attached hydrogens (tertiary/aromatic N) is 1. The highest BCUT2D eigenvalue weighted by molar-refractivity contribution is 8.00. The van der Waals surface area contributed by atoms with Gasteiger partial charge in [-0.15, -0.1) is 11.8 Å². The summed E-state index contributed by atoms with van der Waals surface area (Å²) in [6.45, 7) is 0.659. The van der Waals surface area contributed by atoms with Crippen LogP contribution in [0.15, 0.2) is 48.5 Å². The molecule has 1 unspecified atom stereocenters. The Morgan fingerprint density at radius 1 is 1.23 bits per heavy atom. The van der Waals surface area contributed by atoms with Gasteiger partial charge in [-0.3, -0.25) is 9.59 Å². The predicted molar refractivity (Wildman–Crippen MR) is 101 cm³/mol. The van der Waals surface area contributed by atoms with Crippen LogP contribution in [0.4, 0.5) is 4.39 Å². The number of nitrogens with one attached hydrogen (secondary N) is 1. The summed E-state index contributed by atoms with van der Waals surface area (Å²) < 4.78 is 12.9. The van der Waals surface area contributed by atoms with E-state index in [9.17, 15) is 14.0 Å². The zero-order valence-corrected chi connectivity index (χ0v) is 15.5. The first kappa shape index (κ1) is 18.7. The number of benzene rings is 2. The maximum absolute atomic E-state index is 12.9. The van der Waals surface area contributed by atoms with Gasteiger partial charge in [0.05, 0.1) is 5.75 Å². The first-order valence-electron chi connectivity index (χ1n) is 8.21. The fourth-order valence-electron chi connectivity index (χ4n) is 2.74. The van der Waals surface area contributed by atoms with Crippen LogP contribution in [-0.2, 0) is 16.1 Å². The molecule has 0 radical (unpaired) electrons. The summed E-state index contributed by atoms with van der Waals surface area (Å²) in [6.07, 6.45) is 0.203. The lowest BCUT2D eigenvalue weighted by molar-refractivity contribution is -0.129. The Kier molecular flexibility index (Phi) is 6.16. The van der Waals surface area contributed by atoms with Crippen molar-refractivity contribution in [1.29, 1.82) is 0 Å². The highest BCUT2D eigenvalue weighted by atomic mass is 35.5. The van der Waals surface area contributed by atoms with Crippen LogP contribution in [0.1, 0.15) is 22.9 Å². The van der Waals surface area contributed by atoms with Crippen LogP contribution in [0.3, 0.4) is 0 Å². The molecule has 136 valence electrons. The molecular weight excluding hydrogens is 375 g/mol. The topological polar surface area (TPSA) is 49.4 Å². The second-order valence-electron chi connectivity index (χ2n) is 5.93. The van der Waals surface area contributed by atoms with Crippen LogP contribution in [0.2, 0.25) is 5.02 Å². The van der Waals surface area contributed by atoms with Gasteiger partial charge < -0.3 is 10.2 Å². The van der Waals surface area contributed by atoms with Gasteiger partial charge in [-0.1, -0.05) is 41.9 Å². The number of hydrogen-bond acceptors (Lipinski definition) is 3. The van der Waals surface area contributed by atoms with Gasteiger partial charge >= 0.3 is 0 Å². The lowest BCUT2D eigenvalue weighted by Crippen LogP contribution is -2.33. The maximum atomic E-state index is 12.9. The molecule has 4 nitrogen and oxygen atoms in total. The molecule has 0 bridgehead atoms. The number of rotatable bonds is 6. The standard InChI is InChI=1S/C19H18ClFN2O2S/c20-16-4-2-1-3-15(16)19-23(18(25)12-26-19)10-9-17(24)22-11-13-5-7-14(21)8-6-13/h1-8,19H,9-12H2,(H,22,24). The molecule has 1 aliphatic rings. The summed E-state index contributed by atoms with van der Waals surface area (Å²) in [4.78, 5) is 26.0. The van der Waals surface area contributed by atoms with Crippen molar-refractivity contribution in [2.24, 2.45) is 0 Å². The summed E-state index contributed by atoms with van der Waals surface area (Å²) >= 11 is 7.77. The van der Waals surface area contributed by atoms with E-state index in [1.54, 1.807) is 23.1 Å². The minimum absolute atomic E-state index is 0.00579. The quantitative estimate of drug-likeness (QED) is 0.814. The molecule has 2 amide bonds. The van der Waals surface area contributed by atoms with Crippen molar-refractivity contribution in [3.63, 3.8) is 0 Å². The molecular formula is C19H18ClFN2O2S. The highest BCUT2D eigenvalue weighted by Gasteiger charge is 2.33. The normalized spacial score (nSPS) is 16.8. The Balaban J connectivity index is 1.55. The van der Waals surface area contributed by atoms with E-state index in [0.717, 1.165) is 11.1 Å². The lowest BCUT2D eigenvalue weighted by Gasteiger charge is -2.24. The van der Waals surface area contributed by atoms with Crippen molar-refractivity contribution in [3.8, 4) is 0 Å². The van der Waals surface area contributed by atoms with Gasteiger partial charge in [-0.05, 0) is 23.8 Å². The average Bonchev–Trinajstić information content (AvgIpc) is 3.00. The third kappa shape index (κ3) is 4.56. The molecule has 1 saturated heterocycles. The Hall–Kier alpha value is -2.05. The van der Waals surface area contributed by atoms with Crippen molar-refractivity contribution in [1.82, 2.24) is 10.2 Å². The van der Waals surface area contributed by atoms with E-state index in [2.05, 4.69) is 5.32 Å². The van der Waals surface area contributed by atoms with Crippen molar-refractivity contribution in [2.45, 2.75) is 18.3 Å². The largest absolute Gasteiger partial charge is 0.352 e. The van der Waals surface area contributed by atoms with E-state index < -0.39 is 0 Å². The minimum Gasteiger partial charge on any atom is -0.352 e. The van der Waals surface area contributed by atoms with Crippen LogP contribution in [-0.4, -0.2) is 29.0 Å². The molecule has 1 fully saturated rings. The minimum atomic E-state index is -0.310. The van der Waals surface area contributed by atoms with E-state index in [-0.39, 0.29) is 29.4 Å². The molecule has 0 saturated carbocycles. The van der Waals surface area contributed by atoms with Crippen molar-refractivity contribution >= 4 is 35.2 Å². The average molecular weight is 393 g/mol. The van der Waals surface area contributed by atoms with Crippen LogP contribution in [0, 0.1) is 5.82 Å². The third-order valence-corrected chi connectivity index (χ3v) is 5.70. The zero-order chi connectivity index (χ0) is 18.5. The van der Waals surface area contributed by atoms with Crippen LogP contribution < -0.4 is 5.32 Å².